The van der Waals surface area contributed by atoms with Gasteiger partial charge in [-0.1, -0.05) is 25.1 Å². The second kappa shape index (κ2) is 10.0. The van der Waals surface area contributed by atoms with E-state index in [1.807, 2.05) is 0 Å². The lowest BCUT2D eigenvalue weighted by Crippen LogP contribution is -2.40. The molecule has 0 unspecified atom stereocenters. The van der Waals surface area contributed by atoms with Crippen molar-refractivity contribution in [3.63, 3.8) is 0 Å². The third kappa shape index (κ3) is 5.78. The number of piperidine rings is 1. The first kappa shape index (κ1) is 22.2. The lowest BCUT2D eigenvalue weighted by molar-refractivity contribution is 0.0725. The Balaban J connectivity index is 1.49. The molecular formula is C22H29F2N3O3. The molecule has 0 saturated carbocycles. The van der Waals surface area contributed by atoms with Gasteiger partial charge in [0, 0.05) is 26.2 Å². The SMILES string of the molecule is CC(C)CN1CCC(CN(C)C(=O)c2cc(COc3c(F)cccc3F)on2)CC1. The first-order chi connectivity index (χ1) is 14.3. The highest BCUT2D eigenvalue weighted by Gasteiger charge is 2.24. The van der Waals surface area contributed by atoms with Gasteiger partial charge < -0.3 is 19.1 Å². The Morgan fingerprint density at radius 1 is 1.30 bits per heavy atom. The zero-order chi connectivity index (χ0) is 21.7. The molecule has 2 heterocycles. The van der Waals surface area contributed by atoms with Crippen LogP contribution in [-0.2, 0) is 6.61 Å². The van der Waals surface area contributed by atoms with Gasteiger partial charge in [0.2, 0.25) is 0 Å². The van der Waals surface area contributed by atoms with Gasteiger partial charge in [0.05, 0.1) is 0 Å². The summed E-state index contributed by atoms with van der Waals surface area (Å²) in [6.07, 6.45) is 2.13. The van der Waals surface area contributed by atoms with Crippen LogP contribution in [0.5, 0.6) is 5.75 Å². The normalized spacial score (nSPS) is 15.5. The van der Waals surface area contributed by atoms with Crippen molar-refractivity contribution in [2.24, 2.45) is 11.8 Å². The summed E-state index contributed by atoms with van der Waals surface area (Å²) < 4.78 is 37.5. The van der Waals surface area contributed by atoms with E-state index >= 15 is 0 Å². The first-order valence-electron chi connectivity index (χ1n) is 10.3. The Morgan fingerprint density at radius 3 is 2.60 bits per heavy atom. The van der Waals surface area contributed by atoms with Crippen molar-refractivity contribution in [1.82, 2.24) is 15.0 Å². The number of halogens is 2. The van der Waals surface area contributed by atoms with Crippen LogP contribution >= 0.6 is 0 Å². The smallest absolute Gasteiger partial charge is 0.275 e. The highest BCUT2D eigenvalue weighted by atomic mass is 19.1. The number of aromatic nitrogens is 1. The van der Waals surface area contributed by atoms with Crippen LogP contribution in [0.2, 0.25) is 0 Å². The number of carbonyl (C=O) groups is 1. The third-order valence-corrected chi connectivity index (χ3v) is 5.27. The van der Waals surface area contributed by atoms with Crippen LogP contribution in [0.3, 0.4) is 0 Å². The minimum atomic E-state index is -0.801. The molecule has 1 aliphatic rings. The number of hydrogen-bond donors (Lipinski definition) is 0. The van der Waals surface area contributed by atoms with Gasteiger partial charge in [0.15, 0.2) is 28.8 Å². The van der Waals surface area contributed by atoms with E-state index in [1.165, 1.54) is 12.1 Å². The number of hydrogen-bond acceptors (Lipinski definition) is 5. The maximum Gasteiger partial charge on any atom is 0.275 e. The molecule has 1 fully saturated rings. The molecule has 0 bridgehead atoms. The van der Waals surface area contributed by atoms with E-state index in [-0.39, 0.29) is 24.0 Å². The molecule has 1 aromatic heterocycles. The summed E-state index contributed by atoms with van der Waals surface area (Å²) >= 11 is 0. The van der Waals surface area contributed by atoms with Crippen molar-refractivity contribution in [2.75, 3.05) is 33.2 Å². The fraction of sp³-hybridized carbons (Fsp3) is 0.545. The van der Waals surface area contributed by atoms with Crippen LogP contribution in [-0.4, -0.2) is 54.1 Å². The van der Waals surface area contributed by atoms with Crippen LogP contribution in [0.25, 0.3) is 0 Å². The van der Waals surface area contributed by atoms with Gasteiger partial charge in [-0.15, -0.1) is 0 Å². The summed E-state index contributed by atoms with van der Waals surface area (Å²) in [6, 6.07) is 4.92. The van der Waals surface area contributed by atoms with E-state index in [0.717, 1.165) is 44.6 Å². The molecule has 8 heteroatoms. The van der Waals surface area contributed by atoms with Gasteiger partial charge in [0.1, 0.15) is 6.61 Å². The first-order valence-corrected chi connectivity index (χ1v) is 10.3. The van der Waals surface area contributed by atoms with Crippen LogP contribution < -0.4 is 4.74 Å². The van der Waals surface area contributed by atoms with E-state index in [9.17, 15) is 13.6 Å². The van der Waals surface area contributed by atoms with Gasteiger partial charge in [-0.2, -0.15) is 0 Å². The topological polar surface area (TPSA) is 58.8 Å². The van der Waals surface area contributed by atoms with Crippen molar-refractivity contribution in [3.8, 4) is 5.75 Å². The maximum atomic E-state index is 13.6. The van der Waals surface area contributed by atoms with Crippen molar-refractivity contribution >= 4 is 5.91 Å². The van der Waals surface area contributed by atoms with Crippen molar-refractivity contribution < 1.29 is 22.8 Å². The minimum absolute atomic E-state index is 0.155. The molecule has 0 spiro atoms. The number of para-hydroxylation sites is 1. The van der Waals surface area contributed by atoms with Crippen molar-refractivity contribution in [3.05, 3.63) is 47.4 Å². The molecular weight excluding hydrogens is 392 g/mol. The monoisotopic (exact) mass is 421 g/mol. The third-order valence-electron chi connectivity index (χ3n) is 5.27. The highest BCUT2D eigenvalue weighted by Crippen LogP contribution is 2.23. The zero-order valence-electron chi connectivity index (χ0n) is 17.7. The number of rotatable bonds is 8. The Kier molecular flexibility index (Phi) is 7.42. The van der Waals surface area contributed by atoms with Crippen molar-refractivity contribution in [2.45, 2.75) is 33.3 Å². The Morgan fingerprint density at radius 2 is 1.97 bits per heavy atom. The molecule has 6 nitrogen and oxygen atoms in total. The van der Waals surface area contributed by atoms with Gasteiger partial charge in [0.25, 0.3) is 5.91 Å². The highest BCUT2D eigenvalue weighted by molar-refractivity contribution is 5.92. The van der Waals surface area contributed by atoms with Crippen LogP contribution in [0, 0.1) is 23.5 Å². The van der Waals surface area contributed by atoms with E-state index in [2.05, 4.69) is 23.9 Å². The number of carbonyl (C=O) groups excluding carboxylic acids is 1. The van der Waals surface area contributed by atoms with E-state index in [0.29, 0.717) is 18.4 Å². The van der Waals surface area contributed by atoms with Crippen LogP contribution in [0.1, 0.15) is 42.9 Å². The summed E-state index contributed by atoms with van der Waals surface area (Å²) in [7, 11) is 1.75. The Labute approximate surface area is 175 Å². The van der Waals surface area contributed by atoms with Gasteiger partial charge >= 0.3 is 0 Å². The van der Waals surface area contributed by atoms with Crippen LogP contribution in [0.15, 0.2) is 28.8 Å². The van der Waals surface area contributed by atoms with Gasteiger partial charge in [-0.25, -0.2) is 8.78 Å². The quantitative estimate of drug-likeness (QED) is 0.646. The number of ether oxygens (including phenoxy) is 1. The number of likely N-dealkylation sites (tertiary alicyclic amines) is 1. The predicted molar refractivity (Wildman–Crippen MR) is 108 cm³/mol. The number of nitrogens with zero attached hydrogens (tertiary/aromatic N) is 3. The summed E-state index contributed by atoms with van der Waals surface area (Å²) in [5, 5.41) is 3.79. The van der Waals surface area contributed by atoms with Gasteiger partial charge in [-0.05, 0) is 49.9 Å². The molecule has 3 rings (SSSR count). The number of benzene rings is 1. The molecule has 0 N–H and O–H groups in total. The van der Waals surface area contributed by atoms with E-state index < -0.39 is 17.4 Å². The number of amides is 1. The lowest BCUT2D eigenvalue weighted by Gasteiger charge is -2.34. The average Bonchev–Trinajstić information content (AvgIpc) is 3.17. The molecule has 0 radical (unpaired) electrons. The van der Waals surface area contributed by atoms with Gasteiger partial charge in [-0.3, -0.25) is 4.79 Å². The summed E-state index contributed by atoms with van der Waals surface area (Å²) in [6.45, 7) is 8.11. The van der Waals surface area contributed by atoms with Crippen molar-refractivity contribution in [1.29, 1.82) is 0 Å². The fourth-order valence-corrected chi connectivity index (χ4v) is 3.78. The molecule has 1 amide bonds. The Hall–Kier alpha value is -2.48. The second-order valence-corrected chi connectivity index (χ2v) is 8.34. The maximum absolute atomic E-state index is 13.6. The largest absolute Gasteiger partial charge is 0.479 e. The standard InChI is InChI=1S/C22H29F2N3O3/c1-15(2)12-27-9-7-16(8-10-27)13-26(3)22(28)20-11-17(30-25-20)14-29-21-18(23)5-4-6-19(21)24/h4-6,11,15-16H,7-10,12-14H2,1-3H3. The molecule has 0 atom stereocenters. The zero-order valence-corrected chi connectivity index (χ0v) is 17.7. The lowest BCUT2D eigenvalue weighted by atomic mass is 9.95. The molecule has 164 valence electrons. The second-order valence-electron chi connectivity index (χ2n) is 8.34. The summed E-state index contributed by atoms with van der Waals surface area (Å²) in [5.41, 5.74) is 0.155. The fourth-order valence-electron chi connectivity index (χ4n) is 3.78. The average molecular weight is 421 g/mol. The van der Waals surface area contributed by atoms with E-state index in [1.54, 1.807) is 11.9 Å². The van der Waals surface area contributed by atoms with Crippen LogP contribution in [0.4, 0.5) is 8.78 Å². The Bertz CT molecular complexity index is 828. The molecule has 30 heavy (non-hydrogen) atoms. The molecule has 1 aliphatic heterocycles. The summed E-state index contributed by atoms with van der Waals surface area (Å²) in [4.78, 5) is 16.8. The summed E-state index contributed by atoms with van der Waals surface area (Å²) in [5.74, 6) is -0.993. The molecule has 1 saturated heterocycles. The minimum Gasteiger partial charge on any atom is -0.479 e. The van der Waals surface area contributed by atoms with E-state index in [4.69, 9.17) is 9.26 Å². The predicted octanol–water partition coefficient (Wildman–Crippen LogP) is 3.97. The molecule has 2 aromatic rings. The molecule has 0 aliphatic carbocycles. The molecule has 1 aromatic carbocycles.